The molecule has 4 nitrogen and oxygen atoms in total. The van der Waals surface area contributed by atoms with Crippen molar-refractivity contribution >= 4 is 27.2 Å². The topological polar surface area (TPSA) is 63.4 Å². The standard InChI is InChI=1S/C12H15F3N2O2S2/c1-2-6-17(8-11(16)20)21(18,19)10-5-3-4-9(7-10)12(13,14)15/h3-5,7H,2,6,8H2,1H3,(H2,16,20). The maximum atomic E-state index is 12.7. The highest BCUT2D eigenvalue weighted by molar-refractivity contribution is 7.89. The van der Waals surface area contributed by atoms with E-state index >= 15 is 0 Å². The van der Waals surface area contributed by atoms with Gasteiger partial charge in [-0.15, -0.1) is 0 Å². The maximum Gasteiger partial charge on any atom is 0.416 e. The third-order valence-corrected chi connectivity index (χ3v) is 4.57. The van der Waals surface area contributed by atoms with Crippen LogP contribution in [0.2, 0.25) is 0 Å². The molecular formula is C12H15F3N2O2S2. The second kappa shape index (κ2) is 6.71. The van der Waals surface area contributed by atoms with E-state index in [0.29, 0.717) is 12.5 Å². The highest BCUT2D eigenvalue weighted by Gasteiger charge is 2.33. The molecule has 0 aliphatic rings. The van der Waals surface area contributed by atoms with Gasteiger partial charge < -0.3 is 5.73 Å². The molecule has 0 radical (unpaired) electrons. The van der Waals surface area contributed by atoms with E-state index in [-0.39, 0.29) is 18.1 Å². The third kappa shape index (κ3) is 4.65. The van der Waals surface area contributed by atoms with Crippen LogP contribution in [0.25, 0.3) is 0 Å². The van der Waals surface area contributed by atoms with Gasteiger partial charge in [0.05, 0.1) is 22.0 Å². The minimum Gasteiger partial charge on any atom is -0.392 e. The first-order valence-electron chi connectivity index (χ1n) is 6.04. The number of sulfonamides is 1. The van der Waals surface area contributed by atoms with Crippen molar-refractivity contribution in [3.63, 3.8) is 0 Å². The van der Waals surface area contributed by atoms with E-state index in [0.717, 1.165) is 22.5 Å². The highest BCUT2D eigenvalue weighted by Crippen LogP contribution is 2.31. The number of nitrogens with zero attached hydrogens (tertiary/aromatic N) is 1. The average Bonchev–Trinajstić information content (AvgIpc) is 2.37. The molecule has 0 fully saturated rings. The van der Waals surface area contributed by atoms with Gasteiger partial charge in [-0.2, -0.15) is 17.5 Å². The van der Waals surface area contributed by atoms with Gasteiger partial charge in [0.15, 0.2) is 0 Å². The third-order valence-electron chi connectivity index (χ3n) is 2.60. The van der Waals surface area contributed by atoms with E-state index in [2.05, 4.69) is 12.2 Å². The molecule has 1 aromatic rings. The molecule has 0 saturated heterocycles. The monoisotopic (exact) mass is 340 g/mol. The molecule has 0 aliphatic carbocycles. The summed E-state index contributed by atoms with van der Waals surface area (Å²) in [6, 6.07) is 3.60. The largest absolute Gasteiger partial charge is 0.416 e. The predicted octanol–water partition coefficient (Wildman–Crippen LogP) is 2.39. The van der Waals surface area contributed by atoms with Crippen LogP contribution in [0.5, 0.6) is 0 Å². The van der Waals surface area contributed by atoms with E-state index in [4.69, 9.17) is 5.73 Å². The Bertz CT molecular complexity index is 615. The van der Waals surface area contributed by atoms with Crippen LogP contribution in [0.1, 0.15) is 18.9 Å². The normalized spacial score (nSPS) is 12.6. The lowest BCUT2D eigenvalue weighted by Crippen LogP contribution is -2.38. The minimum atomic E-state index is -4.61. The highest BCUT2D eigenvalue weighted by atomic mass is 32.2. The molecule has 0 saturated carbocycles. The molecule has 9 heteroatoms. The number of hydrogen-bond donors (Lipinski definition) is 1. The zero-order chi connectivity index (χ0) is 16.3. The molecule has 0 unspecified atom stereocenters. The van der Waals surface area contributed by atoms with Gasteiger partial charge in [0.1, 0.15) is 0 Å². The van der Waals surface area contributed by atoms with Crippen LogP contribution in [0, 0.1) is 0 Å². The Morgan fingerprint density at radius 1 is 1.38 bits per heavy atom. The van der Waals surface area contributed by atoms with Gasteiger partial charge in [-0.25, -0.2) is 8.42 Å². The van der Waals surface area contributed by atoms with Gasteiger partial charge in [-0.1, -0.05) is 25.2 Å². The minimum absolute atomic E-state index is 0.0426. The lowest BCUT2D eigenvalue weighted by molar-refractivity contribution is -0.137. The second-order valence-electron chi connectivity index (χ2n) is 4.33. The first kappa shape index (κ1) is 17.9. The lowest BCUT2D eigenvalue weighted by atomic mass is 10.2. The summed E-state index contributed by atoms with van der Waals surface area (Å²) < 4.78 is 63.7. The van der Waals surface area contributed by atoms with Crippen molar-refractivity contribution in [3.8, 4) is 0 Å². The summed E-state index contributed by atoms with van der Waals surface area (Å²) in [7, 11) is -4.08. The zero-order valence-corrected chi connectivity index (χ0v) is 12.9. The van der Waals surface area contributed by atoms with E-state index in [1.165, 1.54) is 0 Å². The quantitative estimate of drug-likeness (QED) is 0.808. The molecular weight excluding hydrogens is 325 g/mol. The SMILES string of the molecule is CCCN(CC(N)=S)S(=O)(=O)c1cccc(C(F)(F)F)c1. The number of benzene rings is 1. The Hall–Kier alpha value is -1.19. The maximum absolute atomic E-state index is 12.7. The number of rotatable bonds is 6. The van der Waals surface area contributed by atoms with Crippen LogP contribution in [0.4, 0.5) is 13.2 Å². The van der Waals surface area contributed by atoms with Gasteiger partial charge in [0.2, 0.25) is 10.0 Å². The molecule has 0 aliphatic heterocycles. The summed E-state index contributed by atoms with van der Waals surface area (Å²) in [6.07, 6.45) is -4.12. The number of alkyl halides is 3. The Labute approximate surface area is 126 Å². The van der Waals surface area contributed by atoms with Crippen molar-refractivity contribution in [1.82, 2.24) is 4.31 Å². The summed E-state index contributed by atoms with van der Waals surface area (Å²) >= 11 is 4.68. The van der Waals surface area contributed by atoms with Crippen LogP contribution in [-0.4, -0.2) is 30.8 Å². The first-order valence-corrected chi connectivity index (χ1v) is 7.89. The van der Waals surface area contributed by atoms with E-state index in [1.54, 1.807) is 6.92 Å². The van der Waals surface area contributed by atoms with Gasteiger partial charge in [0.25, 0.3) is 0 Å². The second-order valence-corrected chi connectivity index (χ2v) is 6.79. The van der Waals surface area contributed by atoms with Crippen LogP contribution >= 0.6 is 12.2 Å². The van der Waals surface area contributed by atoms with Crippen molar-refractivity contribution in [2.45, 2.75) is 24.4 Å². The molecule has 0 atom stereocenters. The van der Waals surface area contributed by atoms with Gasteiger partial charge in [-0.3, -0.25) is 0 Å². The zero-order valence-electron chi connectivity index (χ0n) is 11.2. The number of hydrogen-bond acceptors (Lipinski definition) is 3. The summed E-state index contributed by atoms with van der Waals surface area (Å²) in [5, 5.41) is 0. The Balaban J connectivity index is 3.25. The molecule has 0 aromatic heterocycles. The van der Waals surface area contributed by atoms with Crippen molar-refractivity contribution in [1.29, 1.82) is 0 Å². The van der Waals surface area contributed by atoms with E-state index < -0.39 is 26.7 Å². The fraction of sp³-hybridized carbons (Fsp3) is 0.417. The molecule has 1 rings (SSSR count). The van der Waals surface area contributed by atoms with Crippen LogP contribution in [0.3, 0.4) is 0 Å². The van der Waals surface area contributed by atoms with Crippen molar-refractivity contribution < 1.29 is 21.6 Å². The van der Waals surface area contributed by atoms with Crippen LogP contribution in [0.15, 0.2) is 29.2 Å². The molecule has 0 heterocycles. The molecule has 0 spiro atoms. The van der Waals surface area contributed by atoms with Crippen LogP contribution in [-0.2, 0) is 16.2 Å². The van der Waals surface area contributed by atoms with E-state index in [9.17, 15) is 21.6 Å². The predicted molar refractivity (Wildman–Crippen MR) is 77.3 cm³/mol. The number of nitrogens with two attached hydrogens (primary N) is 1. The Morgan fingerprint density at radius 3 is 2.48 bits per heavy atom. The fourth-order valence-electron chi connectivity index (χ4n) is 1.69. The summed E-state index contributed by atoms with van der Waals surface area (Å²) in [4.78, 5) is -0.471. The molecule has 1 aromatic carbocycles. The molecule has 0 bridgehead atoms. The molecule has 21 heavy (non-hydrogen) atoms. The molecule has 2 N–H and O–H groups in total. The van der Waals surface area contributed by atoms with Gasteiger partial charge >= 0.3 is 6.18 Å². The Kier molecular flexibility index (Phi) is 5.71. The molecule has 118 valence electrons. The number of thiocarbonyl (C=S) groups is 1. The average molecular weight is 340 g/mol. The van der Waals surface area contributed by atoms with Crippen molar-refractivity contribution in [2.75, 3.05) is 13.1 Å². The Morgan fingerprint density at radius 2 is 2.00 bits per heavy atom. The summed E-state index contributed by atoms with van der Waals surface area (Å²) in [5.74, 6) is 0. The lowest BCUT2D eigenvalue weighted by Gasteiger charge is -2.21. The van der Waals surface area contributed by atoms with Gasteiger partial charge in [0, 0.05) is 6.54 Å². The van der Waals surface area contributed by atoms with Crippen molar-refractivity contribution in [3.05, 3.63) is 29.8 Å². The number of halogens is 3. The summed E-state index contributed by atoms with van der Waals surface area (Å²) in [6.45, 7) is 1.66. The van der Waals surface area contributed by atoms with Crippen LogP contribution < -0.4 is 5.73 Å². The van der Waals surface area contributed by atoms with Crippen molar-refractivity contribution in [2.24, 2.45) is 5.73 Å². The fourth-order valence-corrected chi connectivity index (χ4v) is 3.48. The van der Waals surface area contributed by atoms with E-state index in [1.807, 2.05) is 0 Å². The summed E-state index contributed by atoms with van der Waals surface area (Å²) in [5.41, 5.74) is 4.32. The van der Waals surface area contributed by atoms with Gasteiger partial charge in [-0.05, 0) is 24.6 Å². The first-order chi connectivity index (χ1) is 9.59. The smallest absolute Gasteiger partial charge is 0.392 e. The molecule has 0 amide bonds.